The minimum Gasteiger partial charge on any atom is -0.496 e. The molecule has 5 heteroatoms. The number of hydrogen-bond acceptors (Lipinski definition) is 4. The van der Waals surface area contributed by atoms with Gasteiger partial charge in [0.2, 0.25) is 0 Å². The number of ether oxygens (including phenoxy) is 2. The molecule has 2 aliphatic rings. The summed E-state index contributed by atoms with van der Waals surface area (Å²) in [5.41, 5.74) is 1.89. The molecule has 2 saturated heterocycles. The lowest BCUT2D eigenvalue weighted by molar-refractivity contribution is -0.0904. The van der Waals surface area contributed by atoms with E-state index in [-0.39, 0.29) is 24.8 Å². The zero-order valence-corrected chi connectivity index (χ0v) is 17.1. The van der Waals surface area contributed by atoms with Gasteiger partial charge in [-0.3, -0.25) is 0 Å². The zero-order chi connectivity index (χ0) is 20.4. The molecule has 5 nitrogen and oxygen atoms in total. The number of amides is 1. The van der Waals surface area contributed by atoms with Crippen LogP contribution in [0.5, 0.6) is 5.75 Å². The van der Waals surface area contributed by atoms with Crippen molar-refractivity contribution in [2.24, 2.45) is 0 Å². The predicted molar refractivity (Wildman–Crippen MR) is 111 cm³/mol. The first-order valence-electron chi connectivity index (χ1n) is 10.4. The van der Waals surface area contributed by atoms with E-state index in [1.807, 2.05) is 60.4 Å². The number of aryl methyl sites for hydroxylation is 1. The number of benzene rings is 2. The van der Waals surface area contributed by atoms with Crippen LogP contribution in [-0.2, 0) is 16.9 Å². The summed E-state index contributed by atoms with van der Waals surface area (Å²) in [6.45, 7) is 2.28. The summed E-state index contributed by atoms with van der Waals surface area (Å²) in [7, 11) is 1.64. The molecule has 0 spiro atoms. The second-order valence-corrected chi connectivity index (χ2v) is 8.33. The third-order valence-corrected chi connectivity index (χ3v) is 6.28. The monoisotopic (exact) mass is 395 g/mol. The minimum absolute atomic E-state index is 0.0261. The normalized spacial score (nSPS) is 26.1. The maximum atomic E-state index is 12.9. The molecule has 2 heterocycles. The van der Waals surface area contributed by atoms with Gasteiger partial charge in [0.1, 0.15) is 12.4 Å². The number of hydrogen-bond donors (Lipinski definition) is 1. The van der Waals surface area contributed by atoms with Crippen LogP contribution in [0, 0.1) is 6.92 Å². The minimum atomic E-state index is -0.995. The van der Waals surface area contributed by atoms with Gasteiger partial charge < -0.3 is 19.5 Å². The van der Waals surface area contributed by atoms with Crippen LogP contribution in [0.1, 0.15) is 48.8 Å². The SMILES string of the molecule is COc1cc(C)ccc1C1(O)CC2CCCC(C1)N2C(=O)OCc1ccccc1. The van der Waals surface area contributed by atoms with Gasteiger partial charge >= 0.3 is 6.09 Å². The predicted octanol–water partition coefficient (Wildman–Crippen LogP) is 4.54. The van der Waals surface area contributed by atoms with Gasteiger partial charge in [0.05, 0.1) is 12.7 Å². The fourth-order valence-electron chi connectivity index (χ4n) is 4.92. The summed E-state index contributed by atoms with van der Waals surface area (Å²) in [4.78, 5) is 14.8. The van der Waals surface area contributed by atoms with Crippen molar-refractivity contribution in [1.29, 1.82) is 0 Å². The molecule has 2 fully saturated rings. The van der Waals surface area contributed by atoms with Crippen LogP contribution in [0.15, 0.2) is 48.5 Å². The number of piperidine rings is 2. The van der Waals surface area contributed by atoms with Crippen LogP contribution >= 0.6 is 0 Å². The lowest BCUT2D eigenvalue weighted by atomic mass is 9.72. The Labute approximate surface area is 172 Å². The van der Waals surface area contributed by atoms with Gasteiger partial charge in [-0.05, 0) is 43.4 Å². The number of methoxy groups -OCH3 is 1. The lowest BCUT2D eigenvalue weighted by Gasteiger charge is -2.51. The van der Waals surface area contributed by atoms with Crippen molar-refractivity contribution in [3.63, 3.8) is 0 Å². The zero-order valence-electron chi connectivity index (χ0n) is 17.1. The second-order valence-electron chi connectivity index (χ2n) is 8.33. The molecule has 2 aromatic carbocycles. The number of rotatable bonds is 4. The second kappa shape index (κ2) is 8.07. The quantitative estimate of drug-likeness (QED) is 0.825. The van der Waals surface area contributed by atoms with Gasteiger partial charge in [-0.1, -0.05) is 42.5 Å². The van der Waals surface area contributed by atoms with E-state index in [0.29, 0.717) is 18.6 Å². The van der Waals surface area contributed by atoms with Crippen LogP contribution < -0.4 is 4.74 Å². The van der Waals surface area contributed by atoms with Gasteiger partial charge in [-0.25, -0.2) is 4.79 Å². The summed E-state index contributed by atoms with van der Waals surface area (Å²) >= 11 is 0. The topological polar surface area (TPSA) is 59.0 Å². The molecule has 2 aliphatic heterocycles. The molecule has 29 heavy (non-hydrogen) atoms. The average Bonchev–Trinajstić information content (AvgIpc) is 2.72. The molecule has 0 saturated carbocycles. The summed E-state index contributed by atoms with van der Waals surface area (Å²) in [6.07, 6.45) is 3.56. The highest BCUT2D eigenvalue weighted by Gasteiger charge is 2.49. The molecule has 154 valence electrons. The molecular formula is C24H29NO4. The molecule has 4 rings (SSSR count). The molecule has 1 N–H and O–H groups in total. The molecule has 2 aromatic rings. The highest BCUT2D eigenvalue weighted by molar-refractivity contribution is 5.69. The number of carbonyl (C=O) groups is 1. The van der Waals surface area contributed by atoms with Gasteiger partial charge in [0, 0.05) is 30.5 Å². The smallest absolute Gasteiger partial charge is 0.410 e. The number of fused-ring (bicyclic) bond motifs is 2. The molecule has 2 atom stereocenters. The van der Waals surface area contributed by atoms with E-state index < -0.39 is 5.60 Å². The highest BCUT2D eigenvalue weighted by atomic mass is 16.6. The molecule has 2 unspecified atom stereocenters. The first kappa shape index (κ1) is 19.8. The van der Waals surface area contributed by atoms with Crippen molar-refractivity contribution in [2.75, 3.05) is 7.11 Å². The van der Waals surface area contributed by atoms with Crippen LogP contribution in [0.3, 0.4) is 0 Å². The maximum absolute atomic E-state index is 12.9. The summed E-state index contributed by atoms with van der Waals surface area (Å²) in [5, 5.41) is 11.6. The Morgan fingerprint density at radius 2 is 1.83 bits per heavy atom. The van der Waals surface area contributed by atoms with Crippen LogP contribution in [0.2, 0.25) is 0 Å². The number of aliphatic hydroxyl groups is 1. The number of nitrogens with zero attached hydrogens (tertiary/aromatic N) is 1. The Balaban J connectivity index is 1.52. The Kier molecular flexibility index (Phi) is 5.50. The van der Waals surface area contributed by atoms with Crippen LogP contribution in [0.4, 0.5) is 4.79 Å². The van der Waals surface area contributed by atoms with Crippen molar-refractivity contribution < 1.29 is 19.4 Å². The van der Waals surface area contributed by atoms with Gasteiger partial charge in [0.15, 0.2) is 0 Å². The van der Waals surface area contributed by atoms with Gasteiger partial charge in [-0.2, -0.15) is 0 Å². The van der Waals surface area contributed by atoms with Crippen molar-refractivity contribution in [2.45, 2.75) is 63.3 Å². The van der Waals surface area contributed by atoms with E-state index in [1.54, 1.807) is 7.11 Å². The molecule has 0 aromatic heterocycles. The van der Waals surface area contributed by atoms with E-state index in [9.17, 15) is 9.90 Å². The standard InChI is InChI=1S/C24H29NO4/c1-17-11-12-21(22(13-17)28-2)24(27)14-19-9-6-10-20(15-24)25(19)23(26)29-16-18-7-4-3-5-8-18/h3-5,7-8,11-13,19-20,27H,6,9-10,14-16H2,1-2H3. The van der Waals surface area contributed by atoms with E-state index in [0.717, 1.165) is 36.0 Å². The van der Waals surface area contributed by atoms with Gasteiger partial charge in [-0.15, -0.1) is 0 Å². The largest absolute Gasteiger partial charge is 0.496 e. The summed E-state index contributed by atoms with van der Waals surface area (Å²) in [6, 6.07) is 15.6. The fourth-order valence-corrected chi connectivity index (χ4v) is 4.92. The Morgan fingerprint density at radius 1 is 1.14 bits per heavy atom. The van der Waals surface area contributed by atoms with E-state index in [2.05, 4.69) is 0 Å². The molecule has 2 bridgehead atoms. The van der Waals surface area contributed by atoms with Crippen molar-refractivity contribution in [3.05, 3.63) is 65.2 Å². The third-order valence-electron chi connectivity index (χ3n) is 6.28. The Bertz CT molecular complexity index is 852. The van der Waals surface area contributed by atoms with E-state index >= 15 is 0 Å². The first-order valence-corrected chi connectivity index (χ1v) is 10.4. The summed E-state index contributed by atoms with van der Waals surface area (Å²) in [5.74, 6) is 0.714. The Morgan fingerprint density at radius 3 is 2.48 bits per heavy atom. The average molecular weight is 395 g/mol. The maximum Gasteiger partial charge on any atom is 0.410 e. The molecule has 1 amide bonds. The summed E-state index contributed by atoms with van der Waals surface area (Å²) < 4.78 is 11.2. The van der Waals surface area contributed by atoms with Crippen molar-refractivity contribution >= 4 is 6.09 Å². The van der Waals surface area contributed by atoms with E-state index in [1.165, 1.54) is 0 Å². The molecule has 0 aliphatic carbocycles. The van der Waals surface area contributed by atoms with Crippen molar-refractivity contribution in [1.82, 2.24) is 4.90 Å². The number of carbonyl (C=O) groups excluding carboxylic acids is 1. The molecule has 0 radical (unpaired) electrons. The van der Waals surface area contributed by atoms with Crippen molar-refractivity contribution in [3.8, 4) is 5.75 Å². The highest BCUT2D eigenvalue weighted by Crippen LogP contribution is 2.47. The van der Waals surface area contributed by atoms with Crippen LogP contribution in [0.25, 0.3) is 0 Å². The Hall–Kier alpha value is -2.53. The first-order chi connectivity index (χ1) is 14.0. The van der Waals surface area contributed by atoms with Gasteiger partial charge in [0.25, 0.3) is 0 Å². The lowest BCUT2D eigenvalue weighted by Crippen LogP contribution is -2.59. The fraction of sp³-hybridized carbons (Fsp3) is 0.458. The third kappa shape index (κ3) is 3.97. The molecular weight excluding hydrogens is 366 g/mol. The van der Waals surface area contributed by atoms with Crippen LogP contribution in [-0.4, -0.2) is 35.3 Å². The van der Waals surface area contributed by atoms with E-state index in [4.69, 9.17) is 9.47 Å².